The van der Waals surface area contributed by atoms with Crippen LogP contribution >= 0.6 is 23.4 Å². The second-order valence-corrected chi connectivity index (χ2v) is 6.79. The molecule has 24 heavy (non-hydrogen) atoms. The summed E-state index contributed by atoms with van der Waals surface area (Å²) in [5.74, 6) is 1.21. The molecule has 2 aromatic heterocycles. The van der Waals surface area contributed by atoms with Crippen molar-refractivity contribution in [1.29, 1.82) is 5.26 Å². The van der Waals surface area contributed by atoms with Crippen LogP contribution in [0.5, 0.6) is 0 Å². The zero-order valence-electron chi connectivity index (χ0n) is 13.6. The van der Waals surface area contributed by atoms with Gasteiger partial charge in [-0.05, 0) is 32.4 Å². The number of fused-ring (bicyclic) bond motifs is 1. The molecule has 0 amide bonds. The molecule has 0 aliphatic heterocycles. The molecule has 1 aromatic carbocycles. The first-order valence-electron chi connectivity index (χ1n) is 7.43. The highest BCUT2D eigenvalue weighted by Crippen LogP contribution is 2.32. The molecular weight excluding hydrogens is 340 g/mol. The number of hydrogen-bond donors (Lipinski definition) is 0. The lowest BCUT2D eigenvalue weighted by Gasteiger charge is -2.11. The Balaban J connectivity index is 1.98. The molecule has 6 heteroatoms. The quantitative estimate of drug-likeness (QED) is 0.501. The normalized spacial score (nSPS) is 10.8. The van der Waals surface area contributed by atoms with E-state index in [4.69, 9.17) is 11.6 Å². The van der Waals surface area contributed by atoms with Crippen molar-refractivity contribution in [2.45, 2.75) is 31.6 Å². The molecule has 4 nitrogen and oxygen atoms in total. The number of aromatic nitrogens is 3. The van der Waals surface area contributed by atoms with Crippen LogP contribution in [0.3, 0.4) is 0 Å². The molecule has 0 fully saturated rings. The highest BCUT2D eigenvalue weighted by molar-refractivity contribution is 7.98. The van der Waals surface area contributed by atoms with Gasteiger partial charge < -0.3 is 0 Å². The van der Waals surface area contributed by atoms with Gasteiger partial charge >= 0.3 is 0 Å². The monoisotopic (exact) mass is 354 g/mol. The summed E-state index contributed by atoms with van der Waals surface area (Å²) >= 11 is 7.96. The Morgan fingerprint density at radius 1 is 1.12 bits per heavy atom. The average Bonchev–Trinajstić information content (AvgIpc) is 2.56. The van der Waals surface area contributed by atoms with Crippen molar-refractivity contribution in [3.8, 4) is 6.07 Å². The second kappa shape index (κ2) is 6.76. The van der Waals surface area contributed by atoms with E-state index >= 15 is 0 Å². The summed E-state index contributed by atoms with van der Waals surface area (Å²) in [7, 11) is 0. The van der Waals surface area contributed by atoms with Crippen molar-refractivity contribution >= 4 is 34.3 Å². The SMILES string of the molecule is Cc1nc(C)c(C#N)c(SCc2nc3ccccc3c(C)c2Cl)n1. The third kappa shape index (κ3) is 3.08. The molecule has 2 heterocycles. The smallest absolute Gasteiger partial charge is 0.126 e. The van der Waals surface area contributed by atoms with Gasteiger partial charge in [0.05, 0.1) is 21.9 Å². The van der Waals surface area contributed by atoms with Crippen LogP contribution in [0.2, 0.25) is 5.02 Å². The maximum atomic E-state index is 9.34. The van der Waals surface area contributed by atoms with Crippen LogP contribution in [0.15, 0.2) is 29.3 Å². The number of aryl methyl sites for hydroxylation is 3. The average molecular weight is 355 g/mol. The molecule has 0 saturated carbocycles. The number of nitriles is 1. The van der Waals surface area contributed by atoms with E-state index < -0.39 is 0 Å². The fourth-order valence-electron chi connectivity index (χ4n) is 2.56. The number of benzene rings is 1. The van der Waals surface area contributed by atoms with Gasteiger partial charge in [-0.1, -0.05) is 41.6 Å². The Labute approximate surface area is 149 Å². The first kappa shape index (κ1) is 16.7. The van der Waals surface area contributed by atoms with Gasteiger partial charge in [-0.25, -0.2) is 9.97 Å². The molecule has 0 saturated heterocycles. The van der Waals surface area contributed by atoms with Crippen LogP contribution < -0.4 is 0 Å². The van der Waals surface area contributed by atoms with Crippen molar-refractivity contribution in [3.05, 3.63) is 57.6 Å². The number of hydrogen-bond acceptors (Lipinski definition) is 5. The van der Waals surface area contributed by atoms with Gasteiger partial charge in [-0.3, -0.25) is 4.98 Å². The molecule has 0 N–H and O–H groups in total. The summed E-state index contributed by atoms with van der Waals surface area (Å²) in [5.41, 5.74) is 3.95. The minimum Gasteiger partial charge on any atom is -0.250 e. The minimum absolute atomic E-state index is 0.513. The lowest BCUT2D eigenvalue weighted by molar-refractivity contribution is 0.922. The maximum Gasteiger partial charge on any atom is 0.126 e. The summed E-state index contributed by atoms with van der Waals surface area (Å²) in [5, 5.41) is 11.7. The Bertz CT molecular complexity index is 979. The molecule has 3 rings (SSSR count). The summed E-state index contributed by atoms with van der Waals surface area (Å²) in [6.45, 7) is 5.65. The van der Waals surface area contributed by atoms with Gasteiger partial charge in [-0.2, -0.15) is 5.26 Å². The Morgan fingerprint density at radius 2 is 1.88 bits per heavy atom. The van der Waals surface area contributed by atoms with Crippen LogP contribution in [-0.4, -0.2) is 15.0 Å². The molecule has 0 spiro atoms. The molecule has 0 atom stereocenters. The maximum absolute atomic E-state index is 9.34. The predicted molar refractivity (Wildman–Crippen MR) is 97.3 cm³/mol. The summed E-state index contributed by atoms with van der Waals surface area (Å²) in [6.07, 6.45) is 0. The number of nitrogens with zero attached hydrogens (tertiary/aromatic N) is 4. The van der Waals surface area contributed by atoms with E-state index in [-0.39, 0.29) is 0 Å². The molecule has 0 aliphatic rings. The van der Waals surface area contributed by atoms with Gasteiger partial charge in [0.2, 0.25) is 0 Å². The molecular formula is C18H15ClN4S. The van der Waals surface area contributed by atoms with E-state index in [1.807, 2.05) is 45.0 Å². The predicted octanol–water partition coefficient (Wildman–Crippen LogP) is 4.77. The van der Waals surface area contributed by atoms with E-state index in [1.54, 1.807) is 0 Å². The zero-order valence-corrected chi connectivity index (χ0v) is 15.2. The van der Waals surface area contributed by atoms with Crippen LogP contribution in [0, 0.1) is 32.1 Å². The van der Waals surface area contributed by atoms with Gasteiger partial charge in [0.25, 0.3) is 0 Å². The summed E-state index contributed by atoms with van der Waals surface area (Å²) < 4.78 is 0. The van der Waals surface area contributed by atoms with Gasteiger partial charge in [0, 0.05) is 11.1 Å². The van der Waals surface area contributed by atoms with Gasteiger partial charge in [0.1, 0.15) is 22.5 Å². The van der Waals surface area contributed by atoms with Crippen molar-refractivity contribution < 1.29 is 0 Å². The fraction of sp³-hybridized carbons (Fsp3) is 0.222. The topological polar surface area (TPSA) is 62.5 Å². The van der Waals surface area contributed by atoms with E-state index in [0.29, 0.717) is 32.9 Å². The van der Waals surface area contributed by atoms with Crippen LogP contribution in [0.1, 0.15) is 28.3 Å². The highest BCUT2D eigenvalue weighted by Gasteiger charge is 2.14. The first-order valence-corrected chi connectivity index (χ1v) is 8.79. The number of pyridine rings is 1. The molecule has 0 aliphatic carbocycles. The highest BCUT2D eigenvalue weighted by atomic mass is 35.5. The number of para-hydroxylation sites is 1. The minimum atomic E-state index is 0.513. The van der Waals surface area contributed by atoms with Crippen molar-refractivity contribution in [3.63, 3.8) is 0 Å². The van der Waals surface area contributed by atoms with Crippen molar-refractivity contribution in [2.24, 2.45) is 0 Å². The number of thioether (sulfide) groups is 1. The van der Waals surface area contributed by atoms with E-state index in [1.165, 1.54) is 11.8 Å². The fourth-order valence-corrected chi connectivity index (χ4v) is 3.87. The lowest BCUT2D eigenvalue weighted by atomic mass is 10.1. The summed E-state index contributed by atoms with van der Waals surface area (Å²) in [6, 6.07) is 10.1. The standard InChI is InChI=1S/C18H15ClN4S/c1-10-13-6-4-5-7-15(13)23-16(17(10)19)9-24-18-14(8-20)11(2)21-12(3)22-18/h4-7H,9H2,1-3H3. The molecule has 120 valence electrons. The molecule has 0 radical (unpaired) electrons. The number of halogens is 1. The van der Waals surface area contributed by atoms with Crippen molar-refractivity contribution in [2.75, 3.05) is 0 Å². The number of rotatable bonds is 3. The Kier molecular flexibility index (Phi) is 4.70. The third-order valence-electron chi connectivity index (χ3n) is 3.77. The Morgan fingerprint density at radius 3 is 2.62 bits per heavy atom. The third-order valence-corrected chi connectivity index (χ3v) is 5.26. The van der Waals surface area contributed by atoms with E-state index in [0.717, 1.165) is 22.2 Å². The Hall–Kier alpha value is -2.16. The van der Waals surface area contributed by atoms with Gasteiger partial charge in [0.15, 0.2) is 0 Å². The molecule has 0 bridgehead atoms. The van der Waals surface area contributed by atoms with E-state index in [2.05, 4.69) is 21.0 Å². The lowest BCUT2D eigenvalue weighted by Crippen LogP contribution is -2.00. The largest absolute Gasteiger partial charge is 0.250 e. The first-order chi connectivity index (χ1) is 11.5. The molecule has 0 unspecified atom stereocenters. The molecule has 3 aromatic rings. The second-order valence-electron chi connectivity index (χ2n) is 5.45. The van der Waals surface area contributed by atoms with Crippen LogP contribution in [-0.2, 0) is 5.75 Å². The summed E-state index contributed by atoms with van der Waals surface area (Å²) in [4.78, 5) is 13.3. The zero-order chi connectivity index (χ0) is 17.3. The van der Waals surface area contributed by atoms with Crippen LogP contribution in [0.4, 0.5) is 0 Å². The van der Waals surface area contributed by atoms with Gasteiger partial charge in [-0.15, -0.1) is 0 Å². The van der Waals surface area contributed by atoms with E-state index in [9.17, 15) is 5.26 Å². The van der Waals surface area contributed by atoms with Crippen molar-refractivity contribution in [1.82, 2.24) is 15.0 Å². The van der Waals surface area contributed by atoms with Crippen LogP contribution in [0.25, 0.3) is 10.9 Å².